The van der Waals surface area contributed by atoms with Crippen LogP contribution in [0.25, 0.3) is 0 Å². The molecule has 25 heavy (non-hydrogen) atoms. The minimum Gasteiger partial charge on any atom is -0.258 e. The van der Waals surface area contributed by atoms with Crippen molar-refractivity contribution in [3.8, 4) is 0 Å². The van der Waals surface area contributed by atoms with Gasteiger partial charge in [-0.1, -0.05) is 44.2 Å². The van der Waals surface area contributed by atoms with Crippen LogP contribution in [0.2, 0.25) is 0 Å². The molecular weight excluding hydrogens is 340 g/mol. The molecule has 134 valence electrons. The maximum absolute atomic E-state index is 12.4. The molecule has 0 amide bonds. The summed E-state index contributed by atoms with van der Waals surface area (Å²) in [5.74, 6) is 0. The number of sulfonamides is 1. The van der Waals surface area contributed by atoms with Crippen LogP contribution in [0.1, 0.15) is 25.8 Å². The molecular formula is C18H22N2O4S. The number of hydrogen-bond acceptors (Lipinski definition) is 4. The lowest BCUT2D eigenvalue weighted by atomic mass is 9.86. The third-order valence-electron chi connectivity index (χ3n) is 4.03. The monoisotopic (exact) mass is 362 g/mol. The van der Waals surface area contributed by atoms with Gasteiger partial charge in [-0.25, -0.2) is 13.1 Å². The lowest BCUT2D eigenvalue weighted by molar-refractivity contribution is -0.384. The van der Waals surface area contributed by atoms with Crippen LogP contribution < -0.4 is 4.72 Å². The number of rotatable bonds is 8. The van der Waals surface area contributed by atoms with Crippen molar-refractivity contribution in [3.05, 3.63) is 70.3 Å². The molecule has 0 saturated heterocycles. The first-order chi connectivity index (χ1) is 11.7. The molecule has 0 spiro atoms. The third-order valence-corrected chi connectivity index (χ3v) is 5.45. The minimum atomic E-state index is -3.69. The Morgan fingerprint density at radius 1 is 1.04 bits per heavy atom. The molecule has 1 N–H and O–H groups in total. The number of nitro benzene ring substituents is 1. The number of aryl methyl sites for hydroxylation is 1. The summed E-state index contributed by atoms with van der Waals surface area (Å²) >= 11 is 0. The van der Waals surface area contributed by atoms with Crippen molar-refractivity contribution in [1.82, 2.24) is 4.72 Å². The van der Waals surface area contributed by atoms with Gasteiger partial charge in [0.15, 0.2) is 0 Å². The Hall–Kier alpha value is -2.25. The Morgan fingerprint density at radius 3 is 2.20 bits per heavy atom. The Bertz CT molecular complexity index is 816. The van der Waals surface area contributed by atoms with Crippen molar-refractivity contribution >= 4 is 15.7 Å². The maximum atomic E-state index is 12.4. The highest BCUT2D eigenvalue weighted by atomic mass is 32.2. The van der Waals surface area contributed by atoms with Gasteiger partial charge < -0.3 is 0 Å². The Morgan fingerprint density at radius 2 is 1.64 bits per heavy atom. The molecule has 7 heteroatoms. The molecule has 0 fully saturated rings. The van der Waals surface area contributed by atoms with Crippen molar-refractivity contribution < 1.29 is 13.3 Å². The van der Waals surface area contributed by atoms with Crippen LogP contribution in [0.4, 0.5) is 5.69 Å². The lowest BCUT2D eigenvalue weighted by Crippen LogP contribution is -2.34. The molecule has 6 nitrogen and oxygen atoms in total. The van der Waals surface area contributed by atoms with Gasteiger partial charge >= 0.3 is 0 Å². The zero-order chi connectivity index (χ0) is 18.5. The van der Waals surface area contributed by atoms with Crippen LogP contribution in [-0.2, 0) is 16.4 Å². The zero-order valence-corrected chi connectivity index (χ0v) is 15.1. The van der Waals surface area contributed by atoms with E-state index in [1.807, 2.05) is 32.0 Å². The Balaban J connectivity index is 1.96. The minimum absolute atomic E-state index is 0.0250. The van der Waals surface area contributed by atoms with E-state index in [1.165, 1.54) is 29.8 Å². The first kappa shape index (κ1) is 19.1. The third kappa shape index (κ3) is 5.65. The van der Waals surface area contributed by atoms with E-state index in [9.17, 15) is 18.5 Å². The number of nitro groups is 1. The fourth-order valence-corrected chi connectivity index (χ4v) is 3.58. The number of hydrogen-bond donors (Lipinski definition) is 1. The zero-order valence-electron chi connectivity index (χ0n) is 14.3. The molecule has 0 heterocycles. The first-order valence-corrected chi connectivity index (χ1v) is 9.46. The second kappa shape index (κ2) is 7.76. The van der Waals surface area contributed by atoms with Crippen molar-refractivity contribution in [2.45, 2.75) is 31.6 Å². The number of nitrogens with one attached hydrogen (secondary N) is 1. The number of benzene rings is 2. The molecule has 0 atom stereocenters. The molecule has 0 bridgehead atoms. The van der Waals surface area contributed by atoms with E-state index in [2.05, 4.69) is 16.9 Å². The summed E-state index contributed by atoms with van der Waals surface area (Å²) in [5.41, 5.74) is 0.861. The second-order valence-corrected chi connectivity index (χ2v) is 8.49. The van der Waals surface area contributed by atoms with Crippen molar-refractivity contribution in [1.29, 1.82) is 0 Å². The van der Waals surface area contributed by atoms with Crippen molar-refractivity contribution in [2.75, 3.05) is 6.54 Å². The Labute approximate surface area is 148 Å². The fourth-order valence-electron chi connectivity index (χ4n) is 2.34. The molecule has 2 aromatic carbocycles. The molecule has 2 rings (SSSR count). The molecule has 0 aliphatic rings. The molecule has 0 radical (unpaired) electrons. The van der Waals surface area contributed by atoms with Gasteiger partial charge in [0.25, 0.3) is 5.69 Å². The highest BCUT2D eigenvalue weighted by Crippen LogP contribution is 2.23. The van der Waals surface area contributed by atoms with Crippen LogP contribution in [0.3, 0.4) is 0 Å². The van der Waals surface area contributed by atoms with Crippen molar-refractivity contribution in [3.63, 3.8) is 0 Å². The number of nitrogens with zero attached hydrogens (tertiary/aromatic N) is 1. The van der Waals surface area contributed by atoms with E-state index in [1.54, 1.807) is 0 Å². The van der Waals surface area contributed by atoms with E-state index in [0.29, 0.717) is 6.54 Å². The summed E-state index contributed by atoms with van der Waals surface area (Å²) in [6.07, 6.45) is 1.70. The van der Waals surface area contributed by atoms with Crippen molar-refractivity contribution in [2.24, 2.45) is 5.41 Å². The van der Waals surface area contributed by atoms with Gasteiger partial charge in [0.1, 0.15) is 0 Å². The van der Waals surface area contributed by atoms with Gasteiger partial charge in [0, 0.05) is 18.7 Å². The summed E-state index contributed by atoms with van der Waals surface area (Å²) in [6.45, 7) is 4.31. The summed E-state index contributed by atoms with van der Waals surface area (Å²) in [6, 6.07) is 14.9. The van der Waals surface area contributed by atoms with Crippen LogP contribution in [-0.4, -0.2) is 19.9 Å². The average Bonchev–Trinajstić information content (AvgIpc) is 2.60. The Kier molecular flexibility index (Phi) is 5.92. The molecule has 0 aliphatic carbocycles. The van der Waals surface area contributed by atoms with E-state index in [4.69, 9.17) is 0 Å². The van der Waals surface area contributed by atoms with Gasteiger partial charge in [0.05, 0.1) is 9.82 Å². The van der Waals surface area contributed by atoms with E-state index >= 15 is 0 Å². The molecule has 0 aromatic heterocycles. The summed E-state index contributed by atoms with van der Waals surface area (Å²) in [4.78, 5) is 10.1. The lowest BCUT2D eigenvalue weighted by Gasteiger charge is -2.25. The van der Waals surface area contributed by atoms with Crippen LogP contribution in [0.5, 0.6) is 0 Å². The summed E-state index contributed by atoms with van der Waals surface area (Å²) < 4.78 is 27.3. The van der Waals surface area contributed by atoms with Gasteiger partial charge in [-0.2, -0.15) is 0 Å². The van der Waals surface area contributed by atoms with E-state index in [-0.39, 0.29) is 16.0 Å². The van der Waals surface area contributed by atoms with E-state index < -0.39 is 14.9 Å². The highest BCUT2D eigenvalue weighted by molar-refractivity contribution is 7.89. The SMILES string of the molecule is CC(C)(CCc1ccccc1)CNS(=O)(=O)c1ccc([N+](=O)[O-])cc1. The van der Waals surface area contributed by atoms with Gasteiger partial charge in [-0.05, 0) is 36.0 Å². The normalized spacial score (nSPS) is 12.1. The van der Waals surface area contributed by atoms with Gasteiger partial charge in [-0.15, -0.1) is 0 Å². The standard InChI is InChI=1S/C18H22N2O4S/c1-18(2,13-12-15-6-4-3-5-7-15)14-19-25(23,24)17-10-8-16(9-11-17)20(21)22/h3-11,19H,12-14H2,1-2H3. The van der Waals surface area contributed by atoms with Crippen LogP contribution in [0.15, 0.2) is 59.5 Å². The van der Waals surface area contributed by atoms with Gasteiger partial charge in [-0.3, -0.25) is 10.1 Å². The second-order valence-electron chi connectivity index (χ2n) is 6.73. The van der Waals surface area contributed by atoms with Gasteiger partial charge in [0.2, 0.25) is 10.0 Å². The predicted octanol–water partition coefficient (Wildman–Crippen LogP) is 3.53. The first-order valence-electron chi connectivity index (χ1n) is 7.98. The summed E-state index contributed by atoms with van der Waals surface area (Å²) in [7, 11) is -3.69. The van der Waals surface area contributed by atoms with Crippen LogP contribution >= 0.6 is 0 Å². The smallest absolute Gasteiger partial charge is 0.258 e. The predicted molar refractivity (Wildman–Crippen MR) is 96.8 cm³/mol. The molecule has 0 aliphatic heterocycles. The topological polar surface area (TPSA) is 89.3 Å². The maximum Gasteiger partial charge on any atom is 0.269 e. The van der Waals surface area contributed by atoms with E-state index in [0.717, 1.165) is 12.8 Å². The quantitative estimate of drug-likeness (QED) is 0.574. The molecule has 0 unspecified atom stereocenters. The molecule has 0 saturated carbocycles. The summed E-state index contributed by atoms with van der Waals surface area (Å²) in [5, 5.41) is 10.6. The number of non-ortho nitro benzene ring substituents is 1. The molecule has 2 aromatic rings. The largest absolute Gasteiger partial charge is 0.269 e. The fraction of sp³-hybridized carbons (Fsp3) is 0.333. The average molecular weight is 362 g/mol. The highest BCUT2D eigenvalue weighted by Gasteiger charge is 2.22. The van der Waals surface area contributed by atoms with Crippen LogP contribution in [0, 0.1) is 15.5 Å².